The fraction of sp³-hybridized carbons (Fsp3) is 0.267. The topological polar surface area (TPSA) is 62.5 Å². The average Bonchev–Trinajstić information content (AvgIpc) is 2.79. The largest absolute Gasteiger partial charge is 0.508 e. The molecule has 19 heavy (non-hydrogen) atoms. The van der Waals surface area contributed by atoms with Crippen molar-refractivity contribution in [2.45, 2.75) is 26.3 Å². The van der Waals surface area contributed by atoms with Crippen molar-refractivity contribution >= 4 is 5.91 Å². The summed E-state index contributed by atoms with van der Waals surface area (Å²) in [6, 6.07) is 10.3. The number of furan rings is 1. The quantitative estimate of drug-likeness (QED) is 0.887. The van der Waals surface area contributed by atoms with Crippen molar-refractivity contribution in [2.75, 3.05) is 0 Å². The maximum Gasteiger partial charge on any atom is 0.225 e. The lowest BCUT2D eigenvalue weighted by atomic mass is 10.1. The Bertz CT molecular complexity index is 574. The Labute approximate surface area is 112 Å². The molecular formula is C15H17NO3. The molecule has 100 valence electrons. The molecule has 0 fully saturated rings. The summed E-state index contributed by atoms with van der Waals surface area (Å²) in [4.78, 5) is 11.9. The number of hydrogen-bond donors (Lipinski definition) is 2. The highest BCUT2D eigenvalue weighted by atomic mass is 16.3. The van der Waals surface area contributed by atoms with Gasteiger partial charge in [0.25, 0.3) is 0 Å². The minimum atomic E-state index is -0.188. The lowest BCUT2D eigenvalue weighted by Crippen LogP contribution is -2.27. The molecule has 0 aliphatic rings. The zero-order chi connectivity index (χ0) is 13.8. The third-order valence-electron chi connectivity index (χ3n) is 2.91. The molecule has 2 N–H and O–H groups in total. The second-order valence-electron chi connectivity index (χ2n) is 4.54. The van der Waals surface area contributed by atoms with Gasteiger partial charge in [-0.2, -0.15) is 0 Å². The number of benzene rings is 1. The van der Waals surface area contributed by atoms with E-state index in [2.05, 4.69) is 5.32 Å². The summed E-state index contributed by atoms with van der Waals surface area (Å²) in [6.45, 7) is 3.72. The fourth-order valence-corrected chi connectivity index (χ4v) is 1.88. The summed E-state index contributed by atoms with van der Waals surface area (Å²) >= 11 is 0. The standard InChI is InChI=1S/C15H17NO3/c1-10-7-8-14(19-10)11(2)16-15(18)9-12-5-3-4-6-13(12)17/h3-8,11,17H,9H2,1-2H3,(H,16,18). The summed E-state index contributed by atoms with van der Waals surface area (Å²) in [6.07, 6.45) is 0.150. The first kappa shape index (κ1) is 13.2. The van der Waals surface area contributed by atoms with Crippen LogP contribution >= 0.6 is 0 Å². The number of aromatic hydroxyl groups is 1. The molecule has 1 heterocycles. The van der Waals surface area contributed by atoms with Gasteiger partial charge in [0.1, 0.15) is 17.3 Å². The van der Waals surface area contributed by atoms with E-state index in [1.807, 2.05) is 26.0 Å². The number of amides is 1. The van der Waals surface area contributed by atoms with Crippen molar-refractivity contribution < 1.29 is 14.3 Å². The van der Waals surface area contributed by atoms with Crippen LogP contribution in [0, 0.1) is 6.92 Å². The van der Waals surface area contributed by atoms with E-state index >= 15 is 0 Å². The van der Waals surface area contributed by atoms with Crippen LogP contribution in [0.25, 0.3) is 0 Å². The van der Waals surface area contributed by atoms with Gasteiger partial charge < -0.3 is 14.8 Å². The Kier molecular flexibility index (Phi) is 3.90. The van der Waals surface area contributed by atoms with Gasteiger partial charge in [0.05, 0.1) is 12.5 Å². The van der Waals surface area contributed by atoms with E-state index in [-0.39, 0.29) is 24.1 Å². The van der Waals surface area contributed by atoms with Gasteiger partial charge in [0.2, 0.25) is 5.91 Å². The summed E-state index contributed by atoms with van der Waals surface area (Å²) in [7, 11) is 0. The summed E-state index contributed by atoms with van der Waals surface area (Å²) in [5.41, 5.74) is 0.614. The smallest absolute Gasteiger partial charge is 0.225 e. The highest BCUT2D eigenvalue weighted by Gasteiger charge is 2.14. The minimum Gasteiger partial charge on any atom is -0.508 e. The minimum absolute atomic E-state index is 0.138. The predicted octanol–water partition coefficient (Wildman–Crippen LogP) is 2.71. The zero-order valence-corrected chi connectivity index (χ0v) is 11.0. The van der Waals surface area contributed by atoms with Crippen molar-refractivity contribution in [3.63, 3.8) is 0 Å². The number of hydrogen-bond acceptors (Lipinski definition) is 3. The Balaban J connectivity index is 1.96. The second-order valence-corrected chi connectivity index (χ2v) is 4.54. The molecule has 1 aromatic heterocycles. The molecule has 1 unspecified atom stereocenters. The van der Waals surface area contributed by atoms with Crippen molar-refractivity contribution in [3.8, 4) is 5.75 Å². The predicted molar refractivity (Wildman–Crippen MR) is 71.8 cm³/mol. The molecule has 0 radical (unpaired) electrons. The first-order chi connectivity index (χ1) is 9.06. The molecule has 0 saturated carbocycles. The number of phenolic OH excluding ortho intramolecular Hbond substituents is 1. The summed E-state index contributed by atoms with van der Waals surface area (Å²) < 4.78 is 5.46. The molecule has 2 aromatic rings. The molecule has 1 atom stereocenters. The molecule has 4 nitrogen and oxygen atoms in total. The van der Waals surface area contributed by atoms with E-state index in [9.17, 15) is 9.90 Å². The van der Waals surface area contributed by atoms with Gasteiger partial charge in [-0.3, -0.25) is 4.79 Å². The fourth-order valence-electron chi connectivity index (χ4n) is 1.88. The summed E-state index contributed by atoms with van der Waals surface area (Å²) in [5.74, 6) is 1.53. The SMILES string of the molecule is Cc1ccc(C(C)NC(=O)Cc2ccccc2O)o1. The molecule has 0 aliphatic carbocycles. The van der Waals surface area contributed by atoms with Crippen LogP contribution in [0.15, 0.2) is 40.8 Å². The van der Waals surface area contributed by atoms with Gasteiger partial charge in [0.15, 0.2) is 0 Å². The number of carbonyl (C=O) groups excluding carboxylic acids is 1. The number of rotatable bonds is 4. The van der Waals surface area contributed by atoms with Gasteiger partial charge >= 0.3 is 0 Å². The third-order valence-corrected chi connectivity index (χ3v) is 2.91. The lowest BCUT2D eigenvalue weighted by molar-refractivity contribution is -0.121. The molecule has 4 heteroatoms. The highest BCUT2D eigenvalue weighted by molar-refractivity contribution is 5.79. The third kappa shape index (κ3) is 3.37. The number of carbonyl (C=O) groups is 1. The molecule has 0 spiro atoms. The average molecular weight is 259 g/mol. The monoisotopic (exact) mass is 259 g/mol. The molecule has 0 aliphatic heterocycles. The van der Waals surface area contributed by atoms with Crippen LogP contribution < -0.4 is 5.32 Å². The first-order valence-electron chi connectivity index (χ1n) is 6.19. The van der Waals surface area contributed by atoms with Crippen molar-refractivity contribution in [1.29, 1.82) is 0 Å². The molecule has 0 saturated heterocycles. The van der Waals surface area contributed by atoms with Gasteiger partial charge in [0, 0.05) is 5.56 Å². The van der Waals surface area contributed by atoms with Crippen LogP contribution in [-0.2, 0) is 11.2 Å². The van der Waals surface area contributed by atoms with E-state index in [0.29, 0.717) is 5.56 Å². The second kappa shape index (κ2) is 5.61. The number of aryl methyl sites for hydroxylation is 1. The Morgan fingerprint density at radius 2 is 2.05 bits per heavy atom. The maximum atomic E-state index is 11.9. The van der Waals surface area contributed by atoms with E-state index in [0.717, 1.165) is 11.5 Å². The van der Waals surface area contributed by atoms with Crippen molar-refractivity contribution in [3.05, 3.63) is 53.5 Å². The number of phenols is 1. The van der Waals surface area contributed by atoms with Gasteiger partial charge in [-0.1, -0.05) is 18.2 Å². The summed E-state index contributed by atoms with van der Waals surface area (Å²) in [5, 5.41) is 12.5. The van der Waals surface area contributed by atoms with Crippen LogP contribution in [0.2, 0.25) is 0 Å². The van der Waals surface area contributed by atoms with Crippen LogP contribution in [0.5, 0.6) is 5.75 Å². The molecule has 1 amide bonds. The molecular weight excluding hydrogens is 242 g/mol. The highest BCUT2D eigenvalue weighted by Crippen LogP contribution is 2.18. The number of nitrogens with one attached hydrogen (secondary N) is 1. The zero-order valence-electron chi connectivity index (χ0n) is 11.0. The van der Waals surface area contributed by atoms with E-state index < -0.39 is 0 Å². The van der Waals surface area contributed by atoms with E-state index in [1.54, 1.807) is 24.3 Å². The Hall–Kier alpha value is -2.23. The normalized spacial score (nSPS) is 12.1. The van der Waals surface area contributed by atoms with Crippen molar-refractivity contribution in [1.82, 2.24) is 5.32 Å². The lowest BCUT2D eigenvalue weighted by Gasteiger charge is -2.12. The number of para-hydroxylation sites is 1. The van der Waals surface area contributed by atoms with E-state index in [4.69, 9.17) is 4.42 Å². The van der Waals surface area contributed by atoms with Crippen LogP contribution in [-0.4, -0.2) is 11.0 Å². The molecule has 0 bridgehead atoms. The van der Waals surface area contributed by atoms with Gasteiger partial charge in [-0.05, 0) is 32.0 Å². The van der Waals surface area contributed by atoms with Gasteiger partial charge in [-0.15, -0.1) is 0 Å². The van der Waals surface area contributed by atoms with Crippen LogP contribution in [0.4, 0.5) is 0 Å². The molecule has 1 aromatic carbocycles. The van der Waals surface area contributed by atoms with E-state index in [1.165, 1.54) is 0 Å². The Morgan fingerprint density at radius 1 is 1.32 bits per heavy atom. The van der Waals surface area contributed by atoms with Crippen molar-refractivity contribution in [2.24, 2.45) is 0 Å². The van der Waals surface area contributed by atoms with Crippen LogP contribution in [0.3, 0.4) is 0 Å². The van der Waals surface area contributed by atoms with Gasteiger partial charge in [-0.25, -0.2) is 0 Å². The first-order valence-corrected chi connectivity index (χ1v) is 6.19. The maximum absolute atomic E-state index is 11.9. The van der Waals surface area contributed by atoms with Crippen LogP contribution in [0.1, 0.15) is 30.0 Å². The Morgan fingerprint density at radius 3 is 2.68 bits per heavy atom. The molecule has 2 rings (SSSR count).